The van der Waals surface area contributed by atoms with Crippen LogP contribution in [0.3, 0.4) is 0 Å². The molecule has 1 aliphatic heterocycles. The van der Waals surface area contributed by atoms with Gasteiger partial charge in [0.1, 0.15) is 5.54 Å². The van der Waals surface area contributed by atoms with Gasteiger partial charge >= 0.3 is 6.03 Å². The molecule has 0 saturated carbocycles. The van der Waals surface area contributed by atoms with Crippen LogP contribution in [0.4, 0.5) is 4.79 Å². The Labute approximate surface area is 181 Å². The molecule has 6 nitrogen and oxygen atoms in total. The van der Waals surface area contributed by atoms with Gasteiger partial charge in [0.2, 0.25) is 0 Å². The van der Waals surface area contributed by atoms with Crippen molar-refractivity contribution in [2.75, 3.05) is 6.54 Å². The number of para-hydroxylation sites is 1. The smallest absolute Gasteiger partial charge is 0.325 e. The summed E-state index contributed by atoms with van der Waals surface area (Å²) in [4.78, 5) is 40.3. The van der Waals surface area contributed by atoms with E-state index in [0.29, 0.717) is 24.9 Å². The second kappa shape index (κ2) is 8.02. The number of carbonyl (C=O) groups is 3. The predicted molar refractivity (Wildman–Crippen MR) is 121 cm³/mol. The summed E-state index contributed by atoms with van der Waals surface area (Å²) in [5.41, 5.74) is 2.34. The highest BCUT2D eigenvalue weighted by molar-refractivity contribution is 6.17. The molecule has 3 amide bonds. The Bertz CT molecular complexity index is 1160. The van der Waals surface area contributed by atoms with Gasteiger partial charge in [0.05, 0.1) is 17.8 Å². The van der Waals surface area contributed by atoms with Crippen LogP contribution in [-0.2, 0) is 11.3 Å². The van der Waals surface area contributed by atoms with E-state index >= 15 is 0 Å². The van der Waals surface area contributed by atoms with Crippen LogP contribution in [0, 0.1) is 0 Å². The van der Waals surface area contributed by atoms with Crippen molar-refractivity contribution in [1.82, 2.24) is 14.8 Å². The molecule has 1 N–H and O–H groups in total. The third-order valence-electron chi connectivity index (χ3n) is 6.37. The zero-order valence-corrected chi connectivity index (χ0v) is 18.1. The number of carbonyl (C=O) groups excluding carboxylic acids is 3. The largest absolute Gasteiger partial charge is 0.340 e. The first-order valence-electron chi connectivity index (χ1n) is 10.8. The van der Waals surface area contributed by atoms with Crippen LogP contribution in [0.25, 0.3) is 22.2 Å². The number of benzene rings is 2. The molecule has 0 radical (unpaired) electrons. The highest BCUT2D eigenvalue weighted by Gasteiger charge is 2.49. The van der Waals surface area contributed by atoms with Gasteiger partial charge in [-0.25, -0.2) is 4.79 Å². The number of nitrogens with zero attached hydrogens (tertiary/aromatic N) is 2. The fourth-order valence-electron chi connectivity index (χ4n) is 4.58. The van der Waals surface area contributed by atoms with Gasteiger partial charge < -0.3 is 9.88 Å². The molecule has 6 heteroatoms. The van der Waals surface area contributed by atoms with Crippen molar-refractivity contribution in [3.8, 4) is 11.3 Å². The molecule has 0 aliphatic carbocycles. The lowest BCUT2D eigenvalue weighted by Gasteiger charge is -2.23. The van der Waals surface area contributed by atoms with Crippen molar-refractivity contribution >= 4 is 28.6 Å². The summed E-state index contributed by atoms with van der Waals surface area (Å²) in [5, 5.41) is 3.63. The van der Waals surface area contributed by atoms with Crippen LogP contribution in [-0.4, -0.2) is 39.3 Å². The molecule has 0 unspecified atom stereocenters. The summed E-state index contributed by atoms with van der Waals surface area (Å²) < 4.78 is 2.12. The van der Waals surface area contributed by atoms with Crippen molar-refractivity contribution in [2.24, 2.45) is 0 Å². The first-order chi connectivity index (χ1) is 15.0. The van der Waals surface area contributed by atoms with Gasteiger partial charge in [-0.15, -0.1) is 0 Å². The number of fused-ring (bicyclic) bond motifs is 1. The normalized spacial score (nSPS) is 15.5. The molecule has 1 saturated heterocycles. The maximum absolute atomic E-state index is 13.6. The maximum Gasteiger partial charge on any atom is 0.325 e. The number of amides is 3. The molecule has 2 heterocycles. The van der Waals surface area contributed by atoms with Crippen molar-refractivity contribution in [3.63, 3.8) is 0 Å². The zero-order valence-electron chi connectivity index (χ0n) is 18.1. The summed E-state index contributed by atoms with van der Waals surface area (Å²) in [7, 11) is 0. The quantitative estimate of drug-likeness (QED) is 0.450. The van der Waals surface area contributed by atoms with Gasteiger partial charge in [0.15, 0.2) is 5.78 Å². The highest BCUT2D eigenvalue weighted by Crippen LogP contribution is 2.35. The number of Topliss-reactive ketones (excluding diaryl/α,β-unsaturated/α-hetero) is 1. The Kier molecular flexibility index (Phi) is 5.39. The topological polar surface area (TPSA) is 71.4 Å². The number of hydrogen-bond acceptors (Lipinski definition) is 3. The van der Waals surface area contributed by atoms with Crippen LogP contribution < -0.4 is 5.32 Å². The minimum absolute atomic E-state index is 0.242. The molecule has 2 aromatic carbocycles. The molecule has 160 valence electrons. The number of urea groups is 1. The zero-order chi connectivity index (χ0) is 22.2. The molecule has 0 atom stereocenters. The molecule has 0 bridgehead atoms. The summed E-state index contributed by atoms with van der Waals surface area (Å²) in [6.07, 6.45) is 0.979. The van der Waals surface area contributed by atoms with Crippen molar-refractivity contribution in [1.29, 1.82) is 0 Å². The van der Waals surface area contributed by atoms with E-state index in [-0.39, 0.29) is 18.2 Å². The number of ketones is 1. The number of aromatic nitrogens is 1. The Morgan fingerprint density at radius 2 is 1.58 bits per heavy atom. The fourth-order valence-corrected chi connectivity index (χ4v) is 4.58. The lowest BCUT2D eigenvalue weighted by atomic mass is 9.93. The molecule has 31 heavy (non-hydrogen) atoms. The SMILES string of the molecule is CCn1c(-c2ccccc2)c(C(=O)CN2C(=O)NC(CC)(CC)C2=O)c2ccccc21. The van der Waals surface area contributed by atoms with E-state index in [2.05, 4.69) is 9.88 Å². The monoisotopic (exact) mass is 417 g/mol. The minimum atomic E-state index is -0.920. The fraction of sp³-hybridized carbons (Fsp3) is 0.320. The lowest BCUT2D eigenvalue weighted by Crippen LogP contribution is -2.46. The summed E-state index contributed by atoms with van der Waals surface area (Å²) in [6, 6.07) is 17.0. The third kappa shape index (κ3) is 3.23. The molecule has 4 rings (SSSR count). The van der Waals surface area contributed by atoms with Crippen molar-refractivity contribution in [2.45, 2.75) is 45.7 Å². The average Bonchev–Trinajstić information content (AvgIpc) is 3.26. The van der Waals surface area contributed by atoms with Crippen LogP contribution >= 0.6 is 0 Å². The van der Waals surface area contributed by atoms with E-state index in [4.69, 9.17) is 0 Å². The van der Waals surface area contributed by atoms with Gasteiger partial charge in [0.25, 0.3) is 5.91 Å². The molecule has 3 aromatic rings. The minimum Gasteiger partial charge on any atom is -0.340 e. The van der Waals surface area contributed by atoms with Gasteiger partial charge in [-0.2, -0.15) is 0 Å². The molecule has 1 aromatic heterocycles. The van der Waals surface area contributed by atoms with Crippen LogP contribution in [0.1, 0.15) is 44.0 Å². The van der Waals surface area contributed by atoms with Crippen LogP contribution in [0.5, 0.6) is 0 Å². The van der Waals surface area contributed by atoms with E-state index in [0.717, 1.165) is 27.1 Å². The highest BCUT2D eigenvalue weighted by atomic mass is 16.2. The van der Waals surface area contributed by atoms with E-state index in [1.807, 2.05) is 75.4 Å². The number of hydrogen-bond donors (Lipinski definition) is 1. The van der Waals surface area contributed by atoms with E-state index in [1.165, 1.54) is 0 Å². The Balaban J connectivity index is 1.82. The molecular weight excluding hydrogens is 390 g/mol. The Hall–Kier alpha value is -3.41. The van der Waals surface area contributed by atoms with Gasteiger partial charge in [-0.3, -0.25) is 14.5 Å². The predicted octanol–water partition coefficient (Wildman–Crippen LogP) is 4.62. The third-order valence-corrected chi connectivity index (χ3v) is 6.37. The van der Waals surface area contributed by atoms with Crippen LogP contribution in [0.15, 0.2) is 54.6 Å². The van der Waals surface area contributed by atoms with E-state index in [1.54, 1.807) is 0 Å². The van der Waals surface area contributed by atoms with Gasteiger partial charge in [0, 0.05) is 17.4 Å². The molecule has 1 fully saturated rings. The summed E-state index contributed by atoms with van der Waals surface area (Å²) >= 11 is 0. The average molecular weight is 418 g/mol. The van der Waals surface area contributed by atoms with Crippen molar-refractivity contribution in [3.05, 3.63) is 60.2 Å². The number of imide groups is 1. The summed E-state index contributed by atoms with van der Waals surface area (Å²) in [5.74, 6) is -0.565. The van der Waals surface area contributed by atoms with Gasteiger partial charge in [-0.1, -0.05) is 62.4 Å². The Morgan fingerprint density at radius 3 is 2.19 bits per heavy atom. The Morgan fingerprint density at radius 1 is 0.935 bits per heavy atom. The number of rotatable bonds is 7. The number of aryl methyl sites for hydroxylation is 1. The lowest BCUT2D eigenvalue weighted by molar-refractivity contribution is -0.131. The second-order valence-corrected chi connectivity index (χ2v) is 7.88. The van der Waals surface area contributed by atoms with Crippen molar-refractivity contribution < 1.29 is 14.4 Å². The molecule has 1 aliphatic rings. The summed E-state index contributed by atoms with van der Waals surface area (Å²) in [6.45, 7) is 6.20. The second-order valence-electron chi connectivity index (χ2n) is 7.88. The number of nitrogens with one attached hydrogen (secondary N) is 1. The first-order valence-corrected chi connectivity index (χ1v) is 10.8. The first kappa shape index (κ1) is 20.8. The molecule has 0 spiro atoms. The van der Waals surface area contributed by atoms with Crippen LogP contribution in [0.2, 0.25) is 0 Å². The standard InChI is InChI=1S/C25H27N3O3/c1-4-25(5-2)23(30)28(24(31)26-25)16-20(29)21-18-14-10-11-15-19(18)27(6-3)22(21)17-12-8-7-9-13-17/h7-15H,4-6,16H2,1-3H3,(H,26,31). The molecular formula is C25H27N3O3. The van der Waals surface area contributed by atoms with E-state index < -0.39 is 11.6 Å². The van der Waals surface area contributed by atoms with E-state index in [9.17, 15) is 14.4 Å². The maximum atomic E-state index is 13.6. The van der Waals surface area contributed by atoms with Gasteiger partial charge in [-0.05, 0) is 31.4 Å².